The summed E-state index contributed by atoms with van der Waals surface area (Å²) in [5.74, 6) is 0. The van der Waals surface area contributed by atoms with E-state index in [1.807, 2.05) is 5.51 Å². The molecule has 0 fully saturated rings. The minimum atomic E-state index is 0.469. The Hall–Kier alpha value is -0.410. The van der Waals surface area contributed by atoms with E-state index in [0.29, 0.717) is 6.04 Å². The summed E-state index contributed by atoms with van der Waals surface area (Å²) < 4.78 is 0. The monoisotopic (exact) mass is 268 g/mol. The number of hydrogen-bond donors (Lipinski definition) is 1. The third-order valence-electron chi connectivity index (χ3n) is 3.36. The standard InChI is InChI=1S/C15H28N2S/c1-3-5-6-7-8-9-10-11-14(16-4-2)15-12-18-13-17-15/h12-14,16H,3-11H2,1-2H3. The van der Waals surface area contributed by atoms with Gasteiger partial charge in [-0.1, -0.05) is 58.8 Å². The molecular weight excluding hydrogens is 240 g/mol. The van der Waals surface area contributed by atoms with Crippen molar-refractivity contribution in [1.29, 1.82) is 0 Å². The number of unbranched alkanes of at least 4 members (excludes halogenated alkanes) is 6. The maximum atomic E-state index is 4.43. The Bertz CT molecular complexity index is 272. The molecule has 3 heteroatoms. The molecule has 0 saturated carbocycles. The second-order valence-corrected chi connectivity index (χ2v) is 5.65. The van der Waals surface area contributed by atoms with Crippen molar-refractivity contribution < 1.29 is 0 Å². The summed E-state index contributed by atoms with van der Waals surface area (Å²) in [6.07, 6.45) is 10.9. The summed E-state index contributed by atoms with van der Waals surface area (Å²) in [5, 5.41) is 5.72. The van der Waals surface area contributed by atoms with Gasteiger partial charge in [0.05, 0.1) is 17.2 Å². The molecule has 1 heterocycles. The maximum absolute atomic E-state index is 4.43. The molecule has 1 aromatic heterocycles. The normalized spacial score (nSPS) is 12.8. The molecule has 0 amide bonds. The second-order valence-electron chi connectivity index (χ2n) is 4.93. The first-order chi connectivity index (χ1) is 8.88. The van der Waals surface area contributed by atoms with E-state index >= 15 is 0 Å². The molecule has 0 bridgehead atoms. The number of nitrogens with zero attached hydrogens (tertiary/aromatic N) is 1. The van der Waals surface area contributed by atoms with Crippen molar-refractivity contribution in [2.75, 3.05) is 6.54 Å². The fourth-order valence-electron chi connectivity index (χ4n) is 2.30. The Kier molecular flexibility index (Phi) is 9.13. The first-order valence-corrected chi connectivity index (χ1v) is 8.44. The van der Waals surface area contributed by atoms with Crippen molar-refractivity contribution in [2.24, 2.45) is 0 Å². The van der Waals surface area contributed by atoms with Crippen LogP contribution in [0.25, 0.3) is 0 Å². The number of hydrogen-bond acceptors (Lipinski definition) is 3. The van der Waals surface area contributed by atoms with Gasteiger partial charge in [-0.25, -0.2) is 4.98 Å². The average molecular weight is 268 g/mol. The summed E-state index contributed by atoms with van der Waals surface area (Å²) in [6.45, 7) is 5.47. The van der Waals surface area contributed by atoms with E-state index in [0.717, 1.165) is 6.54 Å². The van der Waals surface area contributed by atoms with Gasteiger partial charge in [0.1, 0.15) is 0 Å². The molecular formula is C15H28N2S. The number of thiazole rings is 1. The highest BCUT2D eigenvalue weighted by Gasteiger charge is 2.11. The fourth-order valence-corrected chi connectivity index (χ4v) is 2.91. The van der Waals surface area contributed by atoms with Crippen molar-refractivity contribution in [3.63, 3.8) is 0 Å². The van der Waals surface area contributed by atoms with Gasteiger partial charge in [-0.05, 0) is 13.0 Å². The van der Waals surface area contributed by atoms with Crippen LogP contribution in [0.2, 0.25) is 0 Å². The Morgan fingerprint density at radius 2 is 1.83 bits per heavy atom. The van der Waals surface area contributed by atoms with Gasteiger partial charge in [0.2, 0.25) is 0 Å². The molecule has 0 radical (unpaired) electrons. The zero-order valence-electron chi connectivity index (χ0n) is 12.0. The molecule has 104 valence electrons. The summed E-state index contributed by atoms with van der Waals surface area (Å²) in [4.78, 5) is 4.43. The molecule has 18 heavy (non-hydrogen) atoms. The van der Waals surface area contributed by atoms with Crippen LogP contribution in [0, 0.1) is 0 Å². The summed E-state index contributed by atoms with van der Waals surface area (Å²) in [6, 6.07) is 0.469. The van der Waals surface area contributed by atoms with Crippen molar-refractivity contribution in [1.82, 2.24) is 10.3 Å². The lowest BCUT2D eigenvalue weighted by Gasteiger charge is -2.15. The first kappa shape index (κ1) is 15.6. The van der Waals surface area contributed by atoms with Crippen LogP contribution in [-0.2, 0) is 0 Å². The SMILES string of the molecule is CCCCCCCCCC(NCC)c1cscn1. The van der Waals surface area contributed by atoms with Crippen LogP contribution in [0.3, 0.4) is 0 Å². The van der Waals surface area contributed by atoms with Crippen molar-refractivity contribution in [3.05, 3.63) is 16.6 Å². The molecule has 2 nitrogen and oxygen atoms in total. The summed E-state index contributed by atoms with van der Waals surface area (Å²) in [7, 11) is 0. The highest BCUT2D eigenvalue weighted by atomic mass is 32.1. The van der Waals surface area contributed by atoms with Gasteiger partial charge in [0.25, 0.3) is 0 Å². The van der Waals surface area contributed by atoms with E-state index in [2.05, 4.69) is 29.5 Å². The van der Waals surface area contributed by atoms with Crippen molar-refractivity contribution >= 4 is 11.3 Å². The lowest BCUT2D eigenvalue weighted by atomic mass is 10.0. The fraction of sp³-hybridized carbons (Fsp3) is 0.800. The zero-order chi connectivity index (χ0) is 13.1. The highest BCUT2D eigenvalue weighted by Crippen LogP contribution is 2.20. The molecule has 1 unspecified atom stereocenters. The zero-order valence-corrected chi connectivity index (χ0v) is 12.8. The smallest absolute Gasteiger partial charge is 0.0795 e. The molecule has 1 rings (SSSR count). The van der Waals surface area contributed by atoms with Crippen LogP contribution in [0.1, 0.15) is 76.9 Å². The van der Waals surface area contributed by atoms with Gasteiger partial charge in [-0.2, -0.15) is 0 Å². The van der Waals surface area contributed by atoms with Crippen LogP contribution in [0.15, 0.2) is 10.9 Å². The molecule has 0 aliphatic carbocycles. The van der Waals surface area contributed by atoms with Crippen LogP contribution in [0.5, 0.6) is 0 Å². The topological polar surface area (TPSA) is 24.9 Å². The third-order valence-corrected chi connectivity index (χ3v) is 3.96. The summed E-state index contributed by atoms with van der Waals surface area (Å²) in [5.41, 5.74) is 3.16. The number of nitrogens with one attached hydrogen (secondary N) is 1. The van der Waals surface area contributed by atoms with Crippen molar-refractivity contribution in [3.8, 4) is 0 Å². The first-order valence-electron chi connectivity index (χ1n) is 7.50. The predicted molar refractivity (Wildman–Crippen MR) is 81.1 cm³/mol. The molecule has 1 N–H and O–H groups in total. The quantitative estimate of drug-likeness (QED) is 0.575. The Morgan fingerprint density at radius 1 is 1.11 bits per heavy atom. The largest absolute Gasteiger partial charge is 0.309 e. The maximum Gasteiger partial charge on any atom is 0.0795 e. The lowest BCUT2D eigenvalue weighted by molar-refractivity contribution is 0.469. The average Bonchev–Trinajstić information content (AvgIpc) is 2.90. The minimum absolute atomic E-state index is 0.469. The van der Waals surface area contributed by atoms with E-state index in [-0.39, 0.29) is 0 Å². The minimum Gasteiger partial charge on any atom is -0.309 e. The molecule has 0 aliphatic heterocycles. The van der Waals surface area contributed by atoms with Crippen molar-refractivity contribution in [2.45, 2.75) is 71.3 Å². The van der Waals surface area contributed by atoms with Crippen LogP contribution in [0.4, 0.5) is 0 Å². The molecule has 0 saturated heterocycles. The Labute approximate surface area is 116 Å². The van der Waals surface area contributed by atoms with Gasteiger partial charge in [-0.15, -0.1) is 11.3 Å². The molecule has 1 atom stereocenters. The van der Waals surface area contributed by atoms with E-state index in [4.69, 9.17) is 0 Å². The van der Waals surface area contributed by atoms with Gasteiger partial charge >= 0.3 is 0 Å². The second kappa shape index (κ2) is 10.5. The molecule has 0 aromatic carbocycles. The van der Waals surface area contributed by atoms with E-state index < -0.39 is 0 Å². The van der Waals surface area contributed by atoms with Crippen LogP contribution >= 0.6 is 11.3 Å². The van der Waals surface area contributed by atoms with E-state index in [1.54, 1.807) is 11.3 Å². The highest BCUT2D eigenvalue weighted by molar-refractivity contribution is 7.07. The Morgan fingerprint density at radius 3 is 2.44 bits per heavy atom. The van der Waals surface area contributed by atoms with Crippen LogP contribution in [-0.4, -0.2) is 11.5 Å². The van der Waals surface area contributed by atoms with Crippen LogP contribution < -0.4 is 5.32 Å². The number of rotatable bonds is 11. The third kappa shape index (κ3) is 6.50. The summed E-state index contributed by atoms with van der Waals surface area (Å²) >= 11 is 1.70. The van der Waals surface area contributed by atoms with Gasteiger partial charge in [0, 0.05) is 5.38 Å². The number of aromatic nitrogens is 1. The van der Waals surface area contributed by atoms with Gasteiger partial charge in [-0.3, -0.25) is 0 Å². The Balaban J connectivity index is 2.11. The molecule has 1 aromatic rings. The van der Waals surface area contributed by atoms with Gasteiger partial charge < -0.3 is 5.32 Å². The lowest BCUT2D eigenvalue weighted by Crippen LogP contribution is -2.21. The van der Waals surface area contributed by atoms with E-state index in [1.165, 1.54) is 57.1 Å². The van der Waals surface area contributed by atoms with E-state index in [9.17, 15) is 0 Å². The van der Waals surface area contributed by atoms with Gasteiger partial charge in [0.15, 0.2) is 0 Å². The molecule has 0 aliphatic rings. The predicted octanol–water partition coefficient (Wildman–Crippen LogP) is 4.93. The molecule has 0 spiro atoms.